The van der Waals surface area contributed by atoms with Crippen molar-refractivity contribution in [2.24, 2.45) is 11.3 Å². The maximum atomic E-state index is 14.1. The molecule has 7 nitrogen and oxygen atoms in total. The summed E-state index contributed by atoms with van der Waals surface area (Å²) in [4.78, 5) is 25.4. The summed E-state index contributed by atoms with van der Waals surface area (Å²) in [5, 5.41) is 8.96. The minimum atomic E-state index is -0.602. The molecule has 2 atom stereocenters. The molecule has 0 saturated carbocycles. The number of carbonyl (C=O) groups is 1. The second kappa shape index (κ2) is 9.11. The molecule has 0 aliphatic carbocycles. The summed E-state index contributed by atoms with van der Waals surface area (Å²) in [7, 11) is 1.87. The molecule has 0 spiro atoms. The summed E-state index contributed by atoms with van der Waals surface area (Å²) >= 11 is 0. The summed E-state index contributed by atoms with van der Waals surface area (Å²) in [5.41, 5.74) is 6.90. The number of nitrogens with two attached hydrogens (primary N) is 1. The lowest BCUT2D eigenvalue weighted by Crippen LogP contribution is -2.51. The van der Waals surface area contributed by atoms with Crippen LogP contribution in [0, 0.1) is 28.5 Å². The SMILES string of the molecule is C[C@@H]1C[C@@H](N(C)C(=O)CC(C)(C)C)CN(c2cc(-c3ccc(C#N)c(F)c3)nc(N)n2)C1. The maximum absolute atomic E-state index is 14.1. The number of piperidine rings is 1. The maximum Gasteiger partial charge on any atom is 0.223 e. The molecule has 0 bridgehead atoms. The Morgan fingerprint density at radius 2 is 2.03 bits per heavy atom. The lowest BCUT2D eigenvalue weighted by atomic mass is 9.90. The molecule has 1 aliphatic rings. The van der Waals surface area contributed by atoms with Crippen LogP contribution < -0.4 is 10.6 Å². The number of amides is 1. The van der Waals surface area contributed by atoms with Gasteiger partial charge in [-0.1, -0.05) is 33.8 Å². The third-order valence-electron chi connectivity index (χ3n) is 5.70. The molecule has 1 amide bonds. The van der Waals surface area contributed by atoms with E-state index < -0.39 is 5.82 Å². The van der Waals surface area contributed by atoms with Crippen LogP contribution in [0.4, 0.5) is 16.2 Å². The van der Waals surface area contributed by atoms with Crippen molar-refractivity contribution < 1.29 is 9.18 Å². The monoisotopic (exact) mass is 438 g/mol. The normalized spacial score (nSPS) is 18.8. The van der Waals surface area contributed by atoms with Crippen LogP contribution in [0.25, 0.3) is 11.3 Å². The highest BCUT2D eigenvalue weighted by Crippen LogP contribution is 2.29. The van der Waals surface area contributed by atoms with Gasteiger partial charge in [-0.3, -0.25) is 4.79 Å². The molecule has 1 aromatic carbocycles. The van der Waals surface area contributed by atoms with Crippen LogP contribution >= 0.6 is 0 Å². The van der Waals surface area contributed by atoms with Gasteiger partial charge in [-0.25, -0.2) is 9.37 Å². The Morgan fingerprint density at radius 1 is 1.31 bits per heavy atom. The molecule has 2 aromatic rings. The quantitative estimate of drug-likeness (QED) is 0.778. The number of nitrogen functional groups attached to an aromatic ring is 1. The van der Waals surface area contributed by atoms with Crippen LogP contribution in [0.1, 0.15) is 46.1 Å². The molecule has 8 heteroatoms. The molecule has 0 unspecified atom stereocenters. The first-order valence-corrected chi connectivity index (χ1v) is 10.8. The molecule has 3 rings (SSSR count). The van der Waals surface area contributed by atoms with Crippen LogP contribution in [-0.2, 0) is 4.79 Å². The van der Waals surface area contributed by atoms with Gasteiger partial charge in [-0.05, 0) is 29.9 Å². The number of benzene rings is 1. The zero-order chi connectivity index (χ0) is 23.6. The van der Waals surface area contributed by atoms with Crippen molar-refractivity contribution in [1.29, 1.82) is 5.26 Å². The number of anilines is 2. The second-order valence-electron chi connectivity index (χ2n) is 9.92. The van der Waals surface area contributed by atoms with Gasteiger partial charge in [0.2, 0.25) is 11.9 Å². The van der Waals surface area contributed by atoms with Gasteiger partial charge in [-0.2, -0.15) is 10.2 Å². The lowest BCUT2D eigenvalue weighted by molar-refractivity contribution is -0.134. The van der Waals surface area contributed by atoms with E-state index in [-0.39, 0.29) is 28.9 Å². The Hall–Kier alpha value is -3.21. The smallest absolute Gasteiger partial charge is 0.223 e. The number of rotatable bonds is 4. The first kappa shape index (κ1) is 23.5. The molecule has 2 heterocycles. The molecule has 0 radical (unpaired) electrons. The number of hydrogen-bond donors (Lipinski definition) is 1. The average molecular weight is 439 g/mol. The van der Waals surface area contributed by atoms with Crippen molar-refractivity contribution in [3.05, 3.63) is 35.6 Å². The van der Waals surface area contributed by atoms with Crippen molar-refractivity contribution >= 4 is 17.7 Å². The second-order valence-corrected chi connectivity index (χ2v) is 9.92. The number of nitriles is 1. The third-order valence-corrected chi connectivity index (χ3v) is 5.70. The Morgan fingerprint density at radius 3 is 2.66 bits per heavy atom. The Labute approximate surface area is 189 Å². The highest BCUT2D eigenvalue weighted by atomic mass is 19.1. The Bertz CT molecular complexity index is 1040. The van der Waals surface area contributed by atoms with Gasteiger partial charge < -0.3 is 15.5 Å². The fourth-order valence-electron chi connectivity index (χ4n) is 4.10. The van der Waals surface area contributed by atoms with Crippen molar-refractivity contribution in [2.75, 3.05) is 30.8 Å². The van der Waals surface area contributed by atoms with E-state index in [1.54, 1.807) is 12.1 Å². The van der Waals surface area contributed by atoms with Crippen LogP contribution in [-0.4, -0.2) is 47.0 Å². The largest absolute Gasteiger partial charge is 0.368 e. The third kappa shape index (κ3) is 5.52. The van der Waals surface area contributed by atoms with Gasteiger partial charge in [0, 0.05) is 44.2 Å². The van der Waals surface area contributed by atoms with Crippen molar-refractivity contribution in [1.82, 2.24) is 14.9 Å². The van der Waals surface area contributed by atoms with Gasteiger partial charge in [-0.15, -0.1) is 0 Å². The number of aromatic nitrogens is 2. The van der Waals surface area contributed by atoms with Crippen molar-refractivity contribution in [2.45, 2.75) is 46.6 Å². The number of likely N-dealkylation sites (N-methyl/N-ethyl adjacent to an activating group) is 1. The van der Waals surface area contributed by atoms with Gasteiger partial charge >= 0.3 is 0 Å². The van der Waals surface area contributed by atoms with Crippen LogP contribution in [0.3, 0.4) is 0 Å². The molecule has 1 aliphatic heterocycles. The highest BCUT2D eigenvalue weighted by Gasteiger charge is 2.32. The van der Waals surface area contributed by atoms with E-state index in [9.17, 15) is 9.18 Å². The van der Waals surface area contributed by atoms with E-state index in [2.05, 4.69) is 42.6 Å². The number of halogens is 1. The summed E-state index contributed by atoms with van der Waals surface area (Å²) in [6, 6.07) is 8.01. The minimum Gasteiger partial charge on any atom is -0.368 e. The average Bonchev–Trinajstić information content (AvgIpc) is 2.71. The van der Waals surface area contributed by atoms with E-state index in [0.29, 0.717) is 36.0 Å². The fraction of sp³-hybridized carbons (Fsp3) is 0.500. The topological polar surface area (TPSA) is 99.1 Å². The Kier molecular flexibility index (Phi) is 6.68. The van der Waals surface area contributed by atoms with Gasteiger partial charge in [0.1, 0.15) is 17.7 Å². The zero-order valence-corrected chi connectivity index (χ0v) is 19.4. The highest BCUT2D eigenvalue weighted by molar-refractivity contribution is 5.77. The van der Waals surface area contributed by atoms with Gasteiger partial charge in [0.25, 0.3) is 0 Å². The lowest BCUT2D eigenvalue weighted by Gasteiger charge is -2.41. The predicted molar refractivity (Wildman–Crippen MR) is 123 cm³/mol. The summed E-state index contributed by atoms with van der Waals surface area (Å²) in [5.74, 6) is 0.618. The summed E-state index contributed by atoms with van der Waals surface area (Å²) in [6.07, 6.45) is 1.40. The minimum absolute atomic E-state index is 0.0216. The molecule has 1 saturated heterocycles. The Balaban J connectivity index is 1.86. The first-order chi connectivity index (χ1) is 15.0. The van der Waals surface area contributed by atoms with Crippen LogP contribution in [0.2, 0.25) is 0 Å². The molecule has 1 aromatic heterocycles. The predicted octanol–water partition coefficient (Wildman–Crippen LogP) is 3.85. The van der Waals surface area contributed by atoms with Gasteiger partial charge in [0.05, 0.1) is 11.3 Å². The number of hydrogen-bond acceptors (Lipinski definition) is 6. The van der Waals surface area contributed by atoms with Crippen LogP contribution in [0.5, 0.6) is 0 Å². The zero-order valence-electron chi connectivity index (χ0n) is 19.4. The number of nitrogens with zero attached hydrogens (tertiary/aromatic N) is 5. The van der Waals surface area contributed by atoms with E-state index >= 15 is 0 Å². The molecule has 1 fully saturated rings. The van der Waals surface area contributed by atoms with E-state index in [1.165, 1.54) is 12.1 Å². The standard InChI is InChI=1S/C24H31FN6O/c1-15-8-18(30(5)22(32)11-24(2,3)4)14-31(13-15)21-10-20(28-23(27)29-21)16-6-7-17(12-26)19(25)9-16/h6-7,9-10,15,18H,8,11,13-14H2,1-5H3,(H2,27,28,29)/t15-,18-/m1/s1. The molecular formula is C24H31FN6O. The molecule has 2 N–H and O–H groups in total. The molecule has 170 valence electrons. The first-order valence-electron chi connectivity index (χ1n) is 10.8. The fourth-order valence-corrected chi connectivity index (χ4v) is 4.10. The van der Waals surface area contributed by atoms with E-state index in [4.69, 9.17) is 11.0 Å². The van der Waals surface area contributed by atoms with E-state index in [1.807, 2.05) is 18.0 Å². The number of carbonyl (C=O) groups excluding carboxylic acids is 1. The van der Waals surface area contributed by atoms with Crippen molar-refractivity contribution in [3.63, 3.8) is 0 Å². The summed E-state index contributed by atoms with van der Waals surface area (Å²) < 4.78 is 14.1. The molecule has 32 heavy (non-hydrogen) atoms. The van der Waals surface area contributed by atoms with Crippen LogP contribution in [0.15, 0.2) is 24.3 Å². The summed E-state index contributed by atoms with van der Waals surface area (Å²) in [6.45, 7) is 9.75. The molecular weight excluding hydrogens is 407 g/mol. The van der Waals surface area contributed by atoms with Crippen molar-refractivity contribution in [3.8, 4) is 17.3 Å². The van der Waals surface area contributed by atoms with Gasteiger partial charge in [0.15, 0.2) is 0 Å². The van der Waals surface area contributed by atoms with E-state index in [0.717, 1.165) is 13.0 Å².